The maximum Gasteiger partial charge on any atom is 0.240 e. The molecule has 4 heteroatoms. The van der Waals surface area contributed by atoms with Crippen LogP contribution in [0.25, 0.3) is 0 Å². The summed E-state index contributed by atoms with van der Waals surface area (Å²) < 4.78 is 5.12. The fraction of sp³-hybridized carbons (Fsp3) is 0.500. The van der Waals surface area contributed by atoms with Gasteiger partial charge in [-0.2, -0.15) is 0 Å². The van der Waals surface area contributed by atoms with Crippen LogP contribution in [-0.4, -0.2) is 18.6 Å². The summed E-state index contributed by atoms with van der Waals surface area (Å²) in [6.45, 7) is 2.05. The Bertz CT molecular complexity index is 424. The van der Waals surface area contributed by atoms with Crippen LogP contribution in [0.4, 0.5) is 0 Å². The third kappa shape index (κ3) is 2.64. The Labute approximate surface area is 108 Å². The number of amides is 1. The van der Waals surface area contributed by atoms with E-state index < -0.39 is 5.54 Å². The van der Waals surface area contributed by atoms with E-state index in [4.69, 9.17) is 10.5 Å². The van der Waals surface area contributed by atoms with Crippen LogP contribution in [0.15, 0.2) is 24.3 Å². The molecule has 0 heterocycles. The summed E-state index contributed by atoms with van der Waals surface area (Å²) in [6, 6.07) is 7.77. The zero-order valence-corrected chi connectivity index (χ0v) is 10.9. The molecule has 0 bridgehead atoms. The minimum absolute atomic E-state index is 0.0180. The van der Waals surface area contributed by atoms with Gasteiger partial charge in [0.25, 0.3) is 0 Å². The summed E-state index contributed by atoms with van der Waals surface area (Å²) in [5.41, 5.74) is 6.35. The van der Waals surface area contributed by atoms with Crippen LogP contribution in [0.2, 0.25) is 0 Å². The molecular formula is C14H20N2O2. The van der Waals surface area contributed by atoms with Crippen molar-refractivity contribution in [1.29, 1.82) is 0 Å². The van der Waals surface area contributed by atoms with E-state index in [1.165, 1.54) is 0 Å². The third-order valence-electron chi connectivity index (χ3n) is 3.47. The Morgan fingerprint density at radius 2 is 2.06 bits per heavy atom. The molecule has 2 rings (SSSR count). The highest BCUT2D eigenvalue weighted by molar-refractivity contribution is 5.89. The summed E-state index contributed by atoms with van der Waals surface area (Å²) in [7, 11) is 1.64. The Kier molecular flexibility index (Phi) is 3.57. The maximum atomic E-state index is 11.9. The predicted molar refractivity (Wildman–Crippen MR) is 70.3 cm³/mol. The highest BCUT2D eigenvalue weighted by Gasteiger charge is 2.46. The van der Waals surface area contributed by atoms with Gasteiger partial charge in [-0.1, -0.05) is 19.1 Å². The second-order valence-electron chi connectivity index (χ2n) is 4.86. The highest BCUT2D eigenvalue weighted by atomic mass is 16.5. The van der Waals surface area contributed by atoms with Crippen molar-refractivity contribution in [3.63, 3.8) is 0 Å². The van der Waals surface area contributed by atoms with Gasteiger partial charge in [-0.05, 0) is 37.0 Å². The molecule has 0 radical (unpaired) electrons. The number of carbonyl (C=O) groups is 1. The molecule has 3 N–H and O–H groups in total. The standard InChI is InChI=1S/C14H20N2O2/c1-3-12(16-13(17)14(15)8-9-14)10-4-6-11(18-2)7-5-10/h4-7,12H,3,8-9,15H2,1-2H3,(H,16,17)/t12-/m1/s1. The zero-order chi connectivity index (χ0) is 13.2. The van der Waals surface area contributed by atoms with Crippen LogP contribution < -0.4 is 15.8 Å². The minimum Gasteiger partial charge on any atom is -0.497 e. The number of benzene rings is 1. The normalized spacial score (nSPS) is 17.9. The first kappa shape index (κ1) is 12.9. The van der Waals surface area contributed by atoms with E-state index in [0.29, 0.717) is 0 Å². The fourth-order valence-electron chi connectivity index (χ4n) is 1.92. The molecule has 0 aliphatic heterocycles. The van der Waals surface area contributed by atoms with E-state index in [1.807, 2.05) is 31.2 Å². The lowest BCUT2D eigenvalue weighted by atomic mass is 10.0. The molecule has 1 atom stereocenters. The number of hydrogen-bond acceptors (Lipinski definition) is 3. The van der Waals surface area contributed by atoms with Gasteiger partial charge in [0.05, 0.1) is 18.7 Å². The van der Waals surface area contributed by atoms with Gasteiger partial charge in [-0.15, -0.1) is 0 Å². The SMILES string of the molecule is CC[C@@H](NC(=O)C1(N)CC1)c1ccc(OC)cc1. The molecule has 1 aliphatic rings. The molecule has 1 saturated carbocycles. The van der Waals surface area contributed by atoms with Crippen molar-refractivity contribution in [2.24, 2.45) is 5.73 Å². The average Bonchev–Trinajstić information content (AvgIpc) is 3.15. The highest BCUT2D eigenvalue weighted by Crippen LogP contribution is 2.33. The first-order valence-electron chi connectivity index (χ1n) is 6.33. The van der Waals surface area contributed by atoms with Crippen LogP contribution in [0, 0.1) is 0 Å². The van der Waals surface area contributed by atoms with Crippen LogP contribution in [-0.2, 0) is 4.79 Å². The molecule has 0 spiro atoms. The first-order chi connectivity index (χ1) is 8.59. The van der Waals surface area contributed by atoms with Crippen LogP contribution in [0.1, 0.15) is 37.8 Å². The molecule has 1 aliphatic carbocycles. The Morgan fingerprint density at radius 3 is 2.50 bits per heavy atom. The fourth-order valence-corrected chi connectivity index (χ4v) is 1.92. The van der Waals surface area contributed by atoms with Crippen molar-refractivity contribution in [1.82, 2.24) is 5.32 Å². The molecule has 0 unspecified atom stereocenters. The van der Waals surface area contributed by atoms with E-state index in [2.05, 4.69) is 5.32 Å². The Hall–Kier alpha value is -1.55. The Balaban J connectivity index is 2.05. The lowest BCUT2D eigenvalue weighted by molar-refractivity contribution is -0.124. The monoisotopic (exact) mass is 248 g/mol. The van der Waals surface area contributed by atoms with Crippen LogP contribution in [0.5, 0.6) is 5.75 Å². The number of nitrogens with one attached hydrogen (secondary N) is 1. The number of ether oxygens (including phenoxy) is 1. The molecule has 1 aromatic carbocycles. The Morgan fingerprint density at radius 1 is 1.44 bits per heavy atom. The van der Waals surface area contributed by atoms with E-state index in [1.54, 1.807) is 7.11 Å². The van der Waals surface area contributed by atoms with Crippen LogP contribution in [0.3, 0.4) is 0 Å². The summed E-state index contributed by atoms with van der Waals surface area (Å²) in [5, 5.41) is 3.02. The lowest BCUT2D eigenvalue weighted by Crippen LogP contribution is -2.44. The number of rotatable bonds is 5. The molecule has 0 saturated heterocycles. The van der Waals surface area contributed by atoms with Gasteiger partial charge in [-0.25, -0.2) is 0 Å². The van der Waals surface area contributed by atoms with Crippen molar-refractivity contribution in [3.8, 4) is 5.75 Å². The van der Waals surface area contributed by atoms with Crippen molar-refractivity contribution < 1.29 is 9.53 Å². The molecule has 1 aromatic rings. The zero-order valence-electron chi connectivity index (χ0n) is 10.9. The van der Waals surface area contributed by atoms with Gasteiger partial charge in [0.2, 0.25) is 5.91 Å². The van der Waals surface area contributed by atoms with Gasteiger partial charge < -0.3 is 15.8 Å². The quantitative estimate of drug-likeness (QED) is 0.834. The van der Waals surface area contributed by atoms with Gasteiger partial charge in [0, 0.05) is 0 Å². The minimum atomic E-state index is -0.611. The lowest BCUT2D eigenvalue weighted by Gasteiger charge is -2.20. The average molecular weight is 248 g/mol. The molecule has 1 fully saturated rings. The molecule has 4 nitrogen and oxygen atoms in total. The smallest absolute Gasteiger partial charge is 0.240 e. The van der Waals surface area contributed by atoms with Crippen molar-refractivity contribution in [2.45, 2.75) is 37.8 Å². The van der Waals surface area contributed by atoms with Crippen LogP contribution >= 0.6 is 0 Å². The summed E-state index contributed by atoms with van der Waals surface area (Å²) in [5.74, 6) is 0.780. The van der Waals surface area contributed by atoms with Crippen molar-refractivity contribution >= 4 is 5.91 Å². The summed E-state index contributed by atoms with van der Waals surface area (Å²) >= 11 is 0. The largest absolute Gasteiger partial charge is 0.497 e. The molecule has 18 heavy (non-hydrogen) atoms. The second-order valence-corrected chi connectivity index (χ2v) is 4.86. The first-order valence-corrected chi connectivity index (χ1v) is 6.33. The molecule has 98 valence electrons. The van der Waals surface area contributed by atoms with E-state index in [9.17, 15) is 4.79 Å². The van der Waals surface area contributed by atoms with Gasteiger partial charge in [0.15, 0.2) is 0 Å². The van der Waals surface area contributed by atoms with Gasteiger partial charge >= 0.3 is 0 Å². The molecular weight excluding hydrogens is 228 g/mol. The van der Waals surface area contributed by atoms with E-state index in [-0.39, 0.29) is 11.9 Å². The predicted octanol–water partition coefficient (Wildman–Crippen LogP) is 1.75. The summed E-state index contributed by atoms with van der Waals surface area (Å²) in [6.07, 6.45) is 2.42. The number of hydrogen-bond donors (Lipinski definition) is 2. The maximum absolute atomic E-state index is 11.9. The van der Waals surface area contributed by atoms with Crippen molar-refractivity contribution in [3.05, 3.63) is 29.8 Å². The number of carbonyl (C=O) groups excluding carboxylic acids is 1. The van der Waals surface area contributed by atoms with E-state index in [0.717, 1.165) is 30.6 Å². The van der Waals surface area contributed by atoms with Gasteiger partial charge in [0.1, 0.15) is 5.75 Å². The molecule has 0 aromatic heterocycles. The van der Waals surface area contributed by atoms with Crippen molar-refractivity contribution in [2.75, 3.05) is 7.11 Å². The number of methoxy groups -OCH3 is 1. The topological polar surface area (TPSA) is 64.4 Å². The van der Waals surface area contributed by atoms with Gasteiger partial charge in [-0.3, -0.25) is 4.79 Å². The number of nitrogens with two attached hydrogens (primary N) is 1. The van der Waals surface area contributed by atoms with E-state index >= 15 is 0 Å². The third-order valence-corrected chi connectivity index (χ3v) is 3.47. The summed E-state index contributed by atoms with van der Waals surface area (Å²) in [4.78, 5) is 11.9. The molecule has 1 amide bonds. The second kappa shape index (κ2) is 4.98.